The van der Waals surface area contributed by atoms with Gasteiger partial charge in [0.15, 0.2) is 11.5 Å². The van der Waals surface area contributed by atoms with Gasteiger partial charge < -0.3 is 19.6 Å². The summed E-state index contributed by atoms with van der Waals surface area (Å²) in [5, 5.41) is 14.3. The number of aryl methyl sites for hydroxylation is 1. The number of phenolic OH excluding ortho intramolecular Hbond substituents is 1. The quantitative estimate of drug-likeness (QED) is 0.878. The van der Waals surface area contributed by atoms with Crippen LogP contribution in [0, 0.1) is 6.92 Å². The summed E-state index contributed by atoms with van der Waals surface area (Å²) >= 11 is 1.67. The topological polar surface area (TPSA) is 71.4 Å². The molecular formula is C19H20N2O4S. The van der Waals surface area contributed by atoms with E-state index in [-0.39, 0.29) is 11.7 Å². The van der Waals surface area contributed by atoms with Gasteiger partial charge in [-0.2, -0.15) is 0 Å². The van der Waals surface area contributed by atoms with Gasteiger partial charge in [0.1, 0.15) is 6.61 Å². The lowest BCUT2D eigenvalue weighted by Gasteiger charge is -2.22. The molecule has 1 aromatic heterocycles. The molecule has 2 aromatic rings. The van der Waals surface area contributed by atoms with Crippen molar-refractivity contribution in [3.05, 3.63) is 34.7 Å². The van der Waals surface area contributed by atoms with Crippen molar-refractivity contribution in [1.29, 1.82) is 0 Å². The number of thiophene rings is 1. The Balaban J connectivity index is 1.62. The van der Waals surface area contributed by atoms with Crippen LogP contribution in [-0.4, -0.2) is 40.9 Å². The van der Waals surface area contributed by atoms with Crippen LogP contribution < -0.4 is 4.74 Å². The summed E-state index contributed by atoms with van der Waals surface area (Å²) in [6, 6.07) is 7.80. The van der Waals surface area contributed by atoms with E-state index in [2.05, 4.69) is 11.2 Å². The zero-order chi connectivity index (χ0) is 18.3. The molecule has 6 nitrogen and oxygen atoms in total. The number of rotatable bonds is 2. The Morgan fingerprint density at radius 1 is 1.35 bits per heavy atom. The molecule has 26 heavy (non-hydrogen) atoms. The first-order valence-corrected chi connectivity index (χ1v) is 9.36. The highest BCUT2D eigenvalue weighted by atomic mass is 32.1. The number of hydrogen-bond acceptors (Lipinski definition) is 6. The number of phenols is 1. The number of hydrogen-bond donors (Lipinski definition) is 1. The lowest BCUT2D eigenvalue weighted by molar-refractivity contribution is -0.142. The second-order valence-corrected chi connectivity index (χ2v) is 7.91. The van der Waals surface area contributed by atoms with Crippen molar-refractivity contribution >= 4 is 23.0 Å². The molecule has 3 heterocycles. The zero-order valence-corrected chi connectivity index (χ0v) is 15.5. The first-order valence-electron chi connectivity index (χ1n) is 8.55. The summed E-state index contributed by atoms with van der Waals surface area (Å²) in [6.07, 6.45) is -0.0451. The van der Waals surface area contributed by atoms with Crippen molar-refractivity contribution in [3.8, 4) is 21.9 Å². The zero-order valence-electron chi connectivity index (χ0n) is 14.7. The van der Waals surface area contributed by atoms with Gasteiger partial charge in [0.05, 0.1) is 12.3 Å². The Labute approximate surface area is 155 Å². The summed E-state index contributed by atoms with van der Waals surface area (Å²) in [7, 11) is 0. The third-order valence-electron chi connectivity index (χ3n) is 4.54. The molecule has 0 bridgehead atoms. The molecule has 1 atom stereocenters. The minimum atomic E-state index is -0.562. The van der Waals surface area contributed by atoms with E-state index in [1.165, 1.54) is 4.88 Å². The van der Waals surface area contributed by atoms with E-state index in [1.807, 2.05) is 26.0 Å². The van der Waals surface area contributed by atoms with Crippen LogP contribution in [0.1, 0.15) is 23.8 Å². The van der Waals surface area contributed by atoms with E-state index >= 15 is 0 Å². The van der Waals surface area contributed by atoms with Gasteiger partial charge in [-0.05, 0) is 43.7 Å². The van der Waals surface area contributed by atoms with Crippen LogP contribution in [0.5, 0.6) is 11.5 Å². The number of nitrogens with zero attached hydrogens (tertiary/aromatic N) is 2. The number of benzene rings is 1. The van der Waals surface area contributed by atoms with Crippen molar-refractivity contribution in [3.63, 3.8) is 0 Å². The maximum atomic E-state index is 12.8. The van der Waals surface area contributed by atoms with E-state index in [0.29, 0.717) is 31.9 Å². The van der Waals surface area contributed by atoms with Crippen LogP contribution >= 0.6 is 11.3 Å². The molecule has 0 spiro atoms. The Morgan fingerprint density at radius 2 is 2.19 bits per heavy atom. The van der Waals surface area contributed by atoms with E-state index in [0.717, 1.165) is 21.7 Å². The first-order chi connectivity index (χ1) is 12.5. The van der Waals surface area contributed by atoms with Crippen LogP contribution in [0.15, 0.2) is 29.4 Å². The van der Waals surface area contributed by atoms with Gasteiger partial charge in [-0.3, -0.25) is 4.79 Å². The second kappa shape index (κ2) is 6.64. The highest BCUT2D eigenvalue weighted by Crippen LogP contribution is 2.39. The van der Waals surface area contributed by atoms with E-state index in [4.69, 9.17) is 9.57 Å². The summed E-state index contributed by atoms with van der Waals surface area (Å²) in [5.41, 5.74) is 2.55. The highest BCUT2D eigenvalue weighted by Gasteiger charge is 2.32. The Hall–Kier alpha value is -2.54. The summed E-state index contributed by atoms with van der Waals surface area (Å²) in [5.74, 6) is 0.463. The van der Waals surface area contributed by atoms with Crippen molar-refractivity contribution in [2.75, 3.05) is 13.2 Å². The average Bonchev–Trinajstić information content (AvgIpc) is 3.17. The lowest BCUT2D eigenvalue weighted by atomic mass is 10.1. The molecule has 0 saturated carbocycles. The average molecular weight is 372 g/mol. The van der Waals surface area contributed by atoms with Gasteiger partial charge >= 0.3 is 0 Å². The highest BCUT2D eigenvalue weighted by molar-refractivity contribution is 7.15. The molecule has 1 amide bonds. The normalized spacial score (nSPS) is 19.2. The third-order valence-corrected chi connectivity index (χ3v) is 5.59. The van der Waals surface area contributed by atoms with Crippen molar-refractivity contribution in [1.82, 2.24) is 4.90 Å². The first kappa shape index (κ1) is 16.9. The smallest absolute Gasteiger partial charge is 0.267 e. The molecule has 2 aliphatic heterocycles. The predicted molar refractivity (Wildman–Crippen MR) is 99.7 cm³/mol. The summed E-state index contributed by atoms with van der Waals surface area (Å²) < 4.78 is 5.73. The van der Waals surface area contributed by atoms with Gasteiger partial charge in [-0.1, -0.05) is 5.16 Å². The Kier molecular flexibility index (Phi) is 4.32. The monoisotopic (exact) mass is 372 g/mol. The minimum Gasteiger partial charge on any atom is -0.504 e. The standard InChI is InChI=1S/C19H20N2O4S/c1-11-7-16(25-20-11)19(23)21-5-6-24-18-14(10-21)8-13(9-15(18)22)17-4-3-12(2)26-17/h3-4,8-9,16,22H,5-7,10H2,1-2H3/t16-/m0/s1. The summed E-state index contributed by atoms with van der Waals surface area (Å²) in [4.78, 5) is 22.0. The molecule has 7 heteroatoms. The van der Waals surface area contributed by atoms with Gasteiger partial charge in [-0.25, -0.2) is 0 Å². The maximum absolute atomic E-state index is 12.8. The molecule has 1 N–H and O–H groups in total. The molecule has 0 radical (unpaired) electrons. The third kappa shape index (κ3) is 3.14. The van der Waals surface area contributed by atoms with E-state index in [9.17, 15) is 9.90 Å². The number of fused-ring (bicyclic) bond motifs is 1. The fraction of sp³-hybridized carbons (Fsp3) is 0.368. The van der Waals surface area contributed by atoms with Crippen LogP contribution in [0.3, 0.4) is 0 Å². The number of amides is 1. The second-order valence-electron chi connectivity index (χ2n) is 6.63. The van der Waals surface area contributed by atoms with Gasteiger partial charge in [0, 0.05) is 28.3 Å². The van der Waals surface area contributed by atoms with Gasteiger partial charge in [0.2, 0.25) is 6.10 Å². The Morgan fingerprint density at radius 3 is 2.88 bits per heavy atom. The summed E-state index contributed by atoms with van der Waals surface area (Å²) in [6.45, 7) is 5.04. The number of oxime groups is 1. The molecule has 0 saturated heterocycles. The number of aromatic hydroxyl groups is 1. The fourth-order valence-electron chi connectivity index (χ4n) is 3.25. The molecule has 0 aliphatic carbocycles. The SMILES string of the molecule is CC1=NO[C@H](C(=O)N2CCOc3c(O)cc(-c4ccc(C)s4)cc3C2)C1. The number of ether oxygens (including phenoxy) is 1. The number of carbonyl (C=O) groups excluding carboxylic acids is 1. The fourth-order valence-corrected chi connectivity index (χ4v) is 4.11. The molecule has 1 aromatic carbocycles. The van der Waals surface area contributed by atoms with E-state index in [1.54, 1.807) is 22.3 Å². The Bertz CT molecular complexity index is 890. The van der Waals surface area contributed by atoms with Crippen LogP contribution in [0.25, 0.3) is 10.4 Å². The number of carbonyl (C=O) groups is 1. The van der Waals surface area contributed by atoms with Crippen LogP contribution in [0.4, 0.5) is 0 Å². The lowest BCUT2D eigenvalue weighted by Crippen LogP contribution is -2.40. The van der Waals surface area contributed by atoms with Gasteiger partial charge in [0.25, 0.3) is 5.91 Å². The minimum absolute atomic E-state index is 0.0982. The van der Waals surface area contributed by atoms with Crippen LogP contribution in [-0.2, 0) is 16.2 Å². The molecule has 4 rings (SSSR count). The van der Waals surface area contributed by atoms with Crippen molar-refractivity contribution in [2.45, 2.75) is 32.9 Å². The van der Waals surface area contributed by atoms with Crippen molar-refractivity contribution < 1.29 is 19.5 Å². The molecule has 0 unspecified atom stereocenters. The predicted octanol–water partition coefficient (Wildman–Crippen LogP) is 3.31. The van der Waals surface area contributed by atoms with E-state index < -0.39 is 6.10 Å². The largest absolute Gasteiger partial charge is 0.504 e. The van der Waals surface area contributed by atoms with Gasteiger partial charge in [-0.15, -0.1) is 11.3 Å². The molecule has 136 valence electrons. The maximum Gasteiger partial charge on any atom is 0.267 e. The van der Waals surface area contributed by atoms with Crippen LogP contribution in [0.2, 0.25) is 0 Å². The molecule has 2 aliphatic rings. The molecular weight excluding hydrogens is 352 g/mol. The van der Waals surface area contributed by atoms with Crippen molar-refractivity contribution in [2.24, 2.45) is 5.16 Å². The molecule has 0 fully saturated rings.